The number of nitrogens with one attached hydrogen (secondary N) is 1. The van der Waals surface area contributed by atoms with Gasteiger partial charge in [-0.2, -0.15) is 0 Å². The standard InChI is InChI=1S/C26H23N3O5/c1-15-14-20(34-3)8-9-21(15)24(31)22-23(17-10-12-27-13-11-17)29(26(33)25(22)32)19-6-4-18(5-7-19)28-16(2)30/h4-14,23,31H,1-3H3,(H,28,30)/b24-22-. The van der Waals surface area contributed by atoms with Gasteiger partial charge in [0.05, 0.1) is 18.7 Å². The first kappa shape index (κ1) is 22.7. The molecule has 8 heteroatoms. The number of nitrogens with zero attached hydrogens (tertiary/aromatic N) is 2. The number of ketones is 1. The van der Waals surface area contributed by atoms with Crippen LogP contribution in [0.15, 0.2) is 72.6 Å². The first-order chi connectivity index (χ1) is 16.3. The van der Waals surface area contributed by atoms with Crippen LogP contribution in [0.4, 0.5) is 11.4 Å². The molecule has 3 aromatic rings. The maximum Gasteiger partial charge on any atom is 0.300 e. The lowest BCUT2D eigenvalue weighted by Gasteiger charge is -2.25. The maximum absolute atomic E-state index is 13.2. The highest BCUT2D eigenvalue weighted by Crippen LogP contribution is 2.42. The molecule has 34 heavy (non-hydrogen) atoms. The molecule has 0 saturated carbocycles. The molecule has 0 spiro atoms. The number of hydrogen-bond acceptors (Lipinski definition) is 6. The molecule has 0 aliphatic carbocycles. The number of aliphatic hydroxyl groups is 1. The van der Waals surface area contributed by atoms with E-state index in [0.29, 0.717) is 33.8 Å². The van der Waals surface area contributed by atoms with Crippen molar-refractivity contribution in [3.8, 4) is 5.75 Å². The van der Waals surface area contributed by atoms with E-state index in [1.165, 1.54) is 11.8 Å². The van der Waals surface area contributed by atoms with E-state index >= 15 is 0 Å². The van der Waals surface area contributed by atoms with Gasteiger partial charge < -0.3 is 15.2 Å². The highest BCUT2D eigenvalue weighted by atomic mass is 16.5. The van der Waals surface area contributed by atoms with Crippen molar-refractivity contribution in [2.45, 2.75) is 19.9 Å². The van der Waals surface area contributed by atoms with Gasteiger partial charge in [0.25, 0.3) is 11.7 Å². The quantitative estimate of drug-likeness (QED) is 0.341. The van der Waals surface area contributed by atoms with Crippen LogP contribution in [-0.2, 0) is 14.4 Å². The van der Waals surface area contributed by atoms with E-state index in [1.54, 1.807) is 81.0 Å². The maximum atomic E-state index is 13.2. The van der Waals surface area contributed by atoms with E-state index in [2.05, 4.69) is 10.3 Å². The van der Waals surface area contributed by atoms with Crippen LogP contribution < -0.4 is 15.0 Å². The van der Waals surface area contributed by atoms with Gasteiger partial charge in [-0.25, -0.2) is 0 Å². The third-order valence-electron chi connectivity index (χ3n) is 5.62. The Labute approximate surface area is 196 Å². The molecule has 1 aliphatic rings. The van der Waals surface area contributed by atoms with Gasteiger partial charge in [0.2, 0.25) is 5.91 Å². The number of aromatic nitrogens is 1. The zero-order chi connectivity index (χ0) is 24.4. The minimum Gasteiger partial charge on any atom is -0.507 e. The van der Waals surface area contributed by atoms with E-state index in [-0.39, 0.29) is 17.2 Å². The van der Waals surface area contributed by atoms with Crippen molar-refractivity contribution in [2.75, 3.05) is 17.3 Å². The van der Waals surface area contributed by atoms with Crippen LogP contribution in [-0.4, -0.2) is 34.8 Å². The molecule has 8 nitrogen and oxygen atoms in total. The molecule has 1 aliphatic heterocycles. The number of anilines is 2. The van der Waals surface area contributed by atoms with Gasteiger partial charge in [-0.1, -0.05) is 0 Å². The molecule has 172 valence electrons. The van der Waals surface area contributed by atoms with Crippen molar-refractivity contribution < 1.29 is 24.2 Å². The molecule has 2 amide bonds. The molecule has 2 N–H and O–H groups in total. The zero-order valence-corrected chi connectivity index (χ0v) is 18.9. The van der Waals surface area contributed by atoms with Crippen molar-refractivity contribution in [1.82, 2.24) is 4.98 Å². The predicted octanol–water partition coefficient (Wildman–Crippen LogP) is 3.98. The number of pyridine rings is 1. The number of aliphatic hydroxyl groups excluding tert-OH is 1. The lowest BCUT2D eigenvalue weighted by atomic mass is 9.94. The van der Waals surface area contributed by atoms with Gasteiger partial charge in [0, 0.05) is 36.3 Å². The Kier molecular flexibility index (Phi) is 6.14. The van der Waals surface area contributed by atoms with E-state index in [0.717, 1.165) is 0 Å². The van der Waals surface area contributed by atoms with Gasteiger partial charge >= 0.3 is 0 Å². The topological polar surface area (TPSA) is 109 Å². The van der Waals surface area contributed by atoms with E-state index < -0.39 is 17.7 Å². The van der Waals surface area contributed by atoms with Crippen LogP contribution in [0.5, 0.6) is 5.75 Å². The second-order valence-corrected chi connectivity index (χ2v) is 7.86. The van der Waals surface area contributed by atoms with Gasteiger partial charge in [0.15, 0.2) is 0 Å². The normalized spacial score (nSPS) is 17.0. The number of rotatable bonds is 5. The lowest BCUT2D eigenvalue weighted by molar-refractivity contribution is -0.132. The van der Waals surface area contributed by atoms with Gasteiger partial charge in [-0.15, -0.1) is 0 Å². The van der Waals surface area contributed by atoms with Gasteiger partial charge in [-0.3, -0.25) is 24.3 Å². The van der Waals surface area contributed by atoms with Crippen LogP contribution in [0.2, 0.25) is 0 Å². The molecule has 0 radical (unpaired) electrons. The van der Waals surface area contributed by atoms with Crippen molar-refractivity contribution in [3.63, 3.8) is 0 Å². The molecule has 1 fully saturated rings. The fourth-order valence-corrected chi connectivity index (χ4v) is 4.04. The number of benzene rings is 2. The summed E-state index contributed by atoms with van der Waals surface area (Å²) in [5, 5.41) is 13.9. The molecule has 1 unspecified atom stereocenters. The summed E-state index contributed by atoms with van der Waals surface area (Å²) in [7, 11) is 1.54. The molecule has 0 bridgehead atoms. The second kappa shape index (κ2) is 9.19. The zero-order valence-electron chi connectivity index (χ0n) is 18.9. The Morgan fingerprint density at radius 2 is 1.74 bits per heavy atom. The highest BCUT2D eigenvalue weighted by Gasteiger charge is 2.47. The molecule has 1 saturated heterocycles. The van der Waals surface area contributed by atoms with Crippen molar-refractivity contribution in [3.05, 3.63) is 89.3 Å². The highest BCUT2D eigenvalue weighted by molar-refractivity contribution is 6.51. The number of methoxy groups -OCH3 is 1. The number of Topliss-reactive ketones (excluding diaryl/α,β-unsaturated/α-hetero) is 1. The number of aryl methyl sites for hydroxylation is 1. The summed E-state index contributed by atoms with van der Waals surface area (Å²) in [4.78, 5) is 43.2. The average Bonchev–Trinajstić information content (AvgIpc) is 3.09. The minimum atomic E-state index is -0.865. The van der Waals surface area contributed by atoms with E-state index in [9.17, 15) is 19.5 Å². The Morgan fingerprint density at radius 3 is 2.32 bits per heavy atom. The molecular weight excluding hydrogens is 434 g/mol. The monoisotopic (exact) mass is 457 g/mol. The third-order valence-corrected chi connectivity index (χ3v) is 5.62. The summed E-state index contributed by atoms with van der Waals surface area (Å²) < 4.78 is 5.23. The summed E-state index contributed by atoms with van der Waals surface area (Å²) in [6.07, 6.45) is 3.13. The second-order valence-electron chi connectivity index (χ2n) is 7.86. The van der Waals surface area contributed by atoms with Crippen molar-refractivity contribution >= 4 is 34.7 Å². The van der Waals surface area contributed by atoms with Crippen molar-refractivity contribution in [1.29, 1.82) is 0 Å². The SMILES string of the molecule is COc1ccc(/C(O)=C2/C(=O)C(=O)N(c3ccc(NC(C)=O)cc3)C2c2ccncc2)c(C)c1. The molecule has 2 aromatic carbocycles. The third kappa shape index (κ3) is 4.13. The van der Waals surface area contributed by atoms with Crippen LogP contribution in [0.25, 0.3) is 5.76 Å². The largest absolute Gasteiger partial charge is 0.507 e. The fourth-order valence-electron chi connectivity index (χ4n) is 4.04. The summed E-state index contributed by atoms with van der Waals surface area (Å²) in [5.74, 6) is -1.43. The fraction of sp³-hybridized carbons (Fsp3) is 0.154. The van der Waals surface area contributed by atoms with Crippen LogP contribution in [0.3, 0.4) is 0 Å². The number of ether oxygens (including phenoxy) is 1. The number of amides is 2. The van der Waals surface area contributed by atoms with Gasteiger partial charge in [-0.05, 0) is 72.6 Å². The first-order valence-electron chi connectivity index (χ1n) is 10.6. The molecule has 2 heterocycles. The number of hydrogen-bond donors (Lipinski definition) is 2. The van der Waals surface area contributed by atoms with E-state index in [4.69, 9.17) is 4.74 Å². The molecule has 1 aromatic heterocycles. The lowest BCUT2D eigenvalue weighted by Crippen LogP contribution is -2.29. The first-order valence-corrected chi connectivity index (χ1v) is 10.6. The van der Waals surface area contributed by atoms with Crippen LogP contribution >= 0.6 is 0 Å². The van der Waals surface area contributed by atoms with Gasteiger partial charge in [0.1, 0.15) is 11.5 Å². The molecule has 4 rings (SSSR count). The molecule has 1 atom stereocenters. The average molecular weight is 457 g/mol. The summed E-state index contributed by atoms with van der Waals surface area (Å²) >= 11 is 0. The molecular formula is C26H23N3O5. The summed E-state index contributed by atoms with van der Waals surface area (Å²) in [6, 6.07) is 14.2. The number of carbonyl (C=O) groups is 3. The Morgan fingerprint density at radius 1 is 1.06 bits per heavy atom. The minimum absolute atomic E-state index is 0.0181. The smallest absolute Gasteiger partial charge is 0.300 e. The Hall–Kier alpha value is -4.46. The Balaban J connectivity index is 1.87. The van der Waals surface area contributed by atoms with Crippen LogP contribution in [0, 0.1) is 6.92 Å². The summed E-state index contributed by atoms with van der Waals surface area (Å²) in [6.45, 7) is 3.19. The Bertz CT molecular complexity index is 1300. The van der Waals surface area contributed by atoms with Crippen LogP contribution in [0.1, 0.15) is 29.7 Å². The number of carbonyl (C=O) groups excluding carboxylic acids is 3. The summed E-state index contributed by atoms with van der Waals surface area (Å²) in [5.41, 5.74) is 2.73. The van der Waals surface area contributed by atoms with E-state index in [1.807, 2.05) is 0 Å². The van der Waals surface area contributed by atoms with Crippen molar-refractivity contribution in [2.24, 2.45) is 0 Å². The predicted molar refractivity (Wildman–Crippen MR) is 127 cm³/mol.